The maximum Gasteiger partial charge on any atom is 1.00 e. The van der Waals surface area contributed by atoms with Crippen LogP contribution in [-0.2, 0) is 0 Å². The molecule has 4 nitrogen and oxygen atoms in total. The van der Waals surface area contributed by atoms with Crippen molar-refractivity contribution >= 4 is 6.03 Å². The van der Waals surface area contributed by atoms with Gasteiger partial charge in [0, 0.05) is 6.54 Å². The van der Waals surface area contributed by atoms with Gasteiger partial charge in [0.25, 0.3) is 0 Å². The molecule has 2 N–H and O–H groups in total. The van der Waals surface area contributed by atoms with Gasteiger partial charge in [-0.1, -0.05) is 13.8 Å². The minimum Gasteiger partial charge on any atom is -0.836 e. The molecule has 0 aliphatic carbocycles. The minimum absolute atomic E-state index is 0. The van der Waals surface area contributed by atoms with Crippen LogP contribution in [0, 0.1) is 11.8 Å². The quantitative estimate of drug-likeness (QED) is 0.493. The first-order valence-corrected chi connectivity index (χ1v) is 5.29. The van der Waals surface area contributed by atoms with Gasteiger partial charge in [0.15, 0.2) is 0 Å². The second-order valence-electron chi connectivity index (χ2n) is 4.26. The fourth-order valence-corrected chi connectivity index (χ4v) is 1.82. The second kappa shape index (κ2) is 8.03. The molecule has 0 aromatic heterocycles. The fraction of sp³-hybridized carbons (Fsp3) is 0.900. The SMILES string of the molecule is CC(C)C1CCNC(=O)N[C@H]([O-])CC1.[K+]. The molecular formula is C10H19KN2O2. The number of nitrogens with one attached hydrogen (secondary N) is 2. The molecule has 82 valence electrons. The predicted octanol–water partition coefficient (Wildman–Crippen LogP) is -2.57. The van der Waals surface area contributed by atoms with Crippen LogP contribution in [0.4, 0.5) is 4.79 Å². The van der Waals surface area contributed by atoms with Crippen molar-refractivity contribution in [3.8, 4) is 0 Å². The molecule has 0 radical (unpaired) electrons. The summed E-state index contributed by atoms with van der Waals surface area (Å²) in [6.07, 6.45) is 1.47. The molecule has 0 saturated carbocycles. The topological polar surface area (TPSA) is 64.2 Å². The Kier molecular flexibility index (Phi) is 8.49. The molecule has 1 aliphatic rings. The molecule has 0 bridgehead atoms. The van der Waals surface area contributed by atoms with Gasteiger partial charge < -0.3 is 15.7 Å². The normalized spacial score (nSPS) is 27.9. The Hall–Kier alpha value is 0.866. The van der Waals surface area contributed by atoms with Crippen LogP contribution in [0.5, 0.6) is 0 Å². The molecule has 2 atom stereocenters. The second-order valence-corrected chi connectivity index (χ2v) is 4.26. The Morgan fingerprint density at radius 1 is 1.33 bits per heavy atom. The van der Waals surface area contributed by atoms with Crippen molar-refractivity contribution in [2.24, 2.45) is 11.8 Å². The Bertz CT molecular complexity index is 200. The van der Waals surface area contributed by atoms with Crippen molar-refractivity contribution in [3.63, 3.8) is 0 Å². The minimum atomic E-state index is -0.950. The van der Waals surface area contributed by atoms with Gasteiger partial charge in [-0.25, -0.2) is 4.79 Å². The molecule has 1 aliphatic heterocycles. The van der Waals surface area contributed by atoms with E-state index in [4.69, 9.17) is 0 Å². The molecule has 1 saturated heterocycles. The van der Waals surface area contributed by atoms with Crippen LogP contribution in [-0.4, -0.2) is 18.8 Å². The van der Waals surface area contributed by atoms with E-state index >= 15 is 0 Å². The van der Waals surface area contributed by atoms with Gasteiger partial charge in [-0.2, -0.15) is 0 Å². The maximum absolute atomic E-state index is 11.3. The van der Waals surface area contributed by atoms with Gasteiger partial charge in [0.2, 0.25) is 0 Å². The van der Waals surface area contributed by atoms with E-state index < -0.39 is 6.23 Å². The van der Waals surface area contributed by atoms with E-state index in [-0.39, 0.29) is 57.4 Å². The number of carbonyl (C=O) groups is 1. The van der Waals surface area contributed by atoms with Crippen LogP contribution >= 0.6 is 0 Å². The van der Waals surface area contributed by atoms with Crippen molar-refractivity contribution in [1.29, 1.82) is 0 Å². The summed E-state index contributed by atoms with van der Waals surface area (Å²) in [6.45, 7) is 5.00. The van der Waals surface area contributed by atoms with E-state index in [2.05, 4.69) is 24.5 Å². The van der Waals surface area contributed by atoms with Crippen LogP contribution in [0.3, 0.4) is 0 Å². The number of hydrogen-bond acceptors (Lipinski definition) is 2. The smallest absolute Gasteiger partial charge is 0.836 e. The van der Waals surface area contributed by atoms with Gasteiger partial charge in [0.05, 0.1) is 0 Å². The number of urea groups is 1. The monoisotopic (exact) mass is 238 g/mol. The summed E-state index contributed by atoms with van der Waals surface area (Å²) in [7, 11) is 0. The van der Waals surface area contributed by atoms with Crippen LogP contribution in [0.1, 0.15) is 33.1 Å². The number of amides is 2. The predicted molar refractivity (Wildman–Crippen MR) is 52.5 cm³/mol. The van der Waals surface area contributed by atoms with Crippen molar-refractivity contribution in [2.75, 3.05) is 6.54 Å². The average Bonchev–Trinajstić information content (AvgIpc) is 2.16. The van der Waals surface area contributed by atoms with E-state index in [0.717, 1.165) is 12.8 Å². The zero-order valence-electron chi connectivity index (χ0n) is 9.88. The molecule has 0 spiro atoms. The van der Waals surface area contributed by atoms with Gasteiger partial charge in [0.1, 0.15) is 0 Å². The van der Waals surface area contributed by atoms with Crippen molar-refractivity contribution in [3.05, 3.63) is 0 Å². The van der Waals surface area contributed by atoms with E-state index in [9.17, 15) is 9.90 Å². The summed E-state index contributed by atoms with van der Waals surface area (Å²) in [5.74, 6) is 1.13. The molecule has 0 aromatic carbocycles. The summed E-state index contributed by atoms with van der Waals surface area (Å²) in [5.41, 5.74) is 0. The summed E-state index contributed by atoms with van der Waals surface area (Å²) in [5, 5.41) is 16.3. The first kappa shape index (κ1) is 15.9. The fourth-order valence-electron chi connectivity index (χ4n) is 1.82. The summed E-state index contributed by atoms with van der Waals surface area (Å²) in [6, 6.07) is -0.325. The number of carbonyl (C=O) groups excluding carboxylic acids is 1. The van der Waals surface area contributed by atoms with Crippen LogP contribution in [0.25, 0.3) is 0 Å². The molecule has 1 rings (SSSR count). The molecule has 5 heteroatoms. The maximum atomic E-state index is 11.3. The zero-order chi connectivity index (χ0) is 10.6. The first-order chi connectivity index (χ1) is 6.59. The summed E-state index contributed by atoms with van der Waals surface area (Å²) in [4.78, 5) is 11.1. The van der Waals surface area contributed by atoms with Gasteiger partial charge in [-0.15, -0.1) is 0 Å². The van der Waals surface area contributed by atoms with Gasteiger partial charge in [-0.3, -0.25) is 0 Å². The summed E-state index contributed by atoms with van der Waals surface area (Å²) < 4.78 is 0. The Morgan fingerprint density at radius 2 is 2.00 bits per heavy atom. The third-order valence-corrected chi connectivity index (χ3v) is 2.84. The van der Waals surface area contributed by atoms with E-state index in [1.807, 2.05) is 0 Å². The number of rotatable bonds is 1. The standard InChI is InChI=1S/C10H19N2O2.K/c1-7(2)8-3-4-9(13)12-10(14)11-6-5-8;/h7-9H,3-6H2,1-2H3,(H2,11,12,14);/q-1;+1/t8?,9-;/m1./s1. The van der Waals surface area contributed by atoms with Crippen LogP contribution < -0.4 is 67.1 Å². The van der Waals surface area contributed by atoms with E-state index in [1.165, 1.54) is 0 Å². The third kappa shape index (κ3) is 6.24. The Morgan fingerprint density at radius 3 is 2.60 bits per heavy atom. The van der Waals surface area contributed by atoms with Crippen LogP contribution in [0.15, 0.2) is 0 Å². The van der Waals surface area contributed by atoms with E-state index in [1.54, 1.807) is 0 Å². The average molecular weight is 238 g/mol. The molecule has 1 unspecified atom stereocenters. The third-order valence-electron chi connectivity index (χ3n) is 2.84. The Labute approximate surface area is 134 Å². The van der Waals surface area contributed by atoms with Gasteiger partial charge >= 0.3 is 57.4 Å². The molecule has 0 aromatic rings. The van der Waals surface area contributed by atoms with E-state index in [0.29, 0.717) is 24.8 Å². The van der Waals surface area contributed by atoms with Crippen LogP contribution in [0.2, 0.25) is 0 Å². The molecule has 2 amide bonds. The first-order valence-electron chi connectivity index (χ1n) is 5.29. The van der Waals surface area contributed by atoms with Crippen molar-refractivity contribution in [2.45, 2.75) is 39.3 Å². The molecular weight excluding hydrogens is 219 g/mol. The molecule has 15 heavy (non-hydrogen) atoms. The summed E-state index contributed by atoms with van der Waals surface area (Å²) >= 11 is 0. The number of hydrogen-bond donors (Lipinski definition) is 2. The zero-order valence-corrected chi connectivity index (χ0v) is 13.0. The van der Waals surface area contributed by atoms with Gasteiger partial charge in [-0.05, 0) is 37.3 Å². The van der Waals surface area contributed by atoms with Crippen molar-refractivity contribution < 1.29 is 61.3 Å². The molecule has 1 fully saturated rings. The Balaban J connectivity index is 0.00000196. The van der Waals surface area contributed by atoms with Crippen molar-refractivity contribution in [1.82, 2.24) is 10.6 Å². The largest absolute Gasteiger partial charge is 1.00 e. The molecule has 1 heterocycles.